The lowest BCUT2D eigenvalue weighted by molar-refractivity contribution is 0.0590. The number of nitrogens with zero attached hydrogens (tertiary/aromatic N) is 7. The fraction of sp³-hybridized carbons (Fsp3) is 0.381. The van der Waals surface area contributed by atoms with Gasteiger partial charge in [-0.2, -0.15) is 15.0 Å². The summed E-state index contributed by atoms with van der Waals surface area (Å²) in [6.07, 6.45) is 5.71. The van der Waals surface area contributed by atoms with Gasteiger partial charge in [-0.25, -0.2) is 9.37 Å². The van der Waals surface area contributed by atoms with Gasteiger partial charge in [-0.3, -0.25) is 9.78 Å². The van der Waals surface area contributed by atoms with Gasteiger partial charge in [0.2, 0.25) is 0 Å². The van der Waals surface area contributed by atoms with Gasteiger partial charge in [0, 0.05) is 37.8 Å². The molecule has 0 aliphatic carbocycles. The third-order valence-corrected chi connectivity index (χ3v) is 5.99. The summed E-state index contributed by atoms with van der Waals surface area (Å²) in [5, 5.41) is 8.14. The number of hydrogen-bond acceptors (Lipinski definition) is 6. The maximum atomic E-state index is 13.9. The van der Waals surface area contributed by atoms with E-state index in [1.54, 1.807) is 6.20 Å². The molecule has 8 nitrogen and oxygen atoms in total. The first-order valence-electron chi connectivity index (χ1n) is 10.0. The van der Waals surface area contributed by atoms with Crippen LogP contribution >= 0.6 is 0 Å². The Hall–Kier alpha value is -3.36. The molecule has 0 radical (unpaired) electrons. The number of anilines is 1. The fourth-order valence-electron chi connectivity index (χ4n) is 4.38. The van der Waals surface area contributed by atoms with Crippen LogP contribution in [-0.2, 0) is 0 Å². The predicted octanol–water partition coefficient (Wildman–Crippen LogP) is 2.16. The molecule has 1 amide bonds. The van der Waals surface area contributed by atoms with Gasteiger partial charge in [0.15, 0.2) is 5.82 Å². The van der Waals surface area contributed by atoms with Gasteiger partial charge in [-0.15, -0.1) is 0 Å². The maximum absolute atomic E-state index is 13.9. The Kier molecular flexibility index (Phi) is 4.45. The third kappa shape index (κ3) is 3.10. The number of aryl methyl sites for hydroxylation is 2. The molecule has 2 aliphatic heterocycles. The van der Waals surface area contributed by atoms with Crippen molar-refractivity contribution in [2.24, 2.45) is 5.92 Å². The second-order valence-electron chi connectivity index (χ2n) is 7.92. The van der Waals surface area contributed by atoms with Crippen molar-refractivity contribution in [3.8, 4) is 5.69 Å². The molecule has 2 atom stereocenters. The molecular weight excluding hydrogens is 385 g/mol. The van der Waals surface area contributed by atoms with E-state index in [0.29, 0.717) is 30.3 Å². The second kappa shape index (κ2) is 7.16. The van der Waals surface area contributed by atoms with Crippen molar-refractivity contribution in [2.45, 2.75) is 26.3 Å². The molecular formula is C21H22FN7O. The number of hydrogen-bond donors (Lipinski definition) is 0. The molecule has 2 aliphatic rings. The van der Waals surface area contributed by atoms with Crippen LogP contribution in [0.1, 0.15) is 28.2 Å². The average molecular weight is 407 g/mol. The van der Waals surface area contributed by atoms with Crippen LogP contribution in [0.4, 0.5) is 10.2 Å². The molecule has 0 saturated carbocycles. The summed E-state index contributed by atoms with van der Waals surface area (Å²) in [5.41, 5.74) is 2.51. The number of fused-ring (bicyclic) bond motifs is 1. The number of carbonyl (C=O) groups is 1. The minimum atomic E-state index is -0.434. The summed E-state index contributed by atoms with van der Waals surface area (Å²) >= 11 is 0. The van der Waals surface area contributed by atoms with Crippen LogP contribution < -0.4 is 4.90 Å². The smallest absolute Gasteiger partial charge is 0.256 e. The Bertz CT molecular complexity index is 1100. The number of halogens is 1. The van der Waals surface area contributed by atoms with Crippen LogP contribution in [0.2, 0.25) is 0 Å². The summed E-state index contributed by atoms with van der Waals surface area (Å²) < 4.78 is 13.9. The third-order valence-electron chi connectivity index (χ3n) is 5.99. The Labute approximate surface area is 173 Å². The number of aromatic nitrogens is 5. The van der Waals surface area contributed by atoms with Crippen LogP contribution in [0.15, 0.2) is 36.8 Å². The zero-order valence-corrected chi connectivity index (χ0v) is 16.9. The normalized spacial score (nSPS) is 20.6. The highest BCUT2D eigenvalue weighted by molar-refractivity contribution is 5.97. The fourth-order valence-corrected chi connectivity index (χ4v) is 4.38. The highest BCUT2D eigenvalue weighted by Crippen LogP contribution is 2.37. The number of benzene rings is 1. The molecule has 30 heavy (non-hydrogen) atoms. The number of rotatable bonds is 3. The van der Waals surface area contributed by atoms with E-state index in [0.717, 1.165) is 30.2 Å². The summed E-state index contributed by atoms with van der Waals surface area (Å²) in [6, 6.07) is 4.32. The van der Waals surface area contributed by atoms with Crippen molar-refractivity contribution >= 4 is 11.7 Å². The zero-order chi connectivity index (χ0) is 20.8. The molecule has 2 fully saturated rings. The molecule has 9 heteroatoms. The Morgan fingerprint density at radius 3 is 2.77 bits per heavy atom. The van der Waals surface area contributed by atoms with Crippen molar-refractivity contribution in [1.82, 2.24) is 29.9 Å². The first-order chi connectivity index (χ1) is 14.5. The molecule has 0 N–H and O–H groups in total. The summed E-state index contributed by atoms with van der Waals surface area (Å²) in [5.74, 6) is 0.862. The molecule has 2 aromatic heterocycles. The number of likely N-dealkylation sites (tertiary alicyclic amines) is 1. The largest absolute Gasteiger partial charge is 0.350 e. The molecule has 3 aromatic rings. The number of amides is 1. The van der Waals surface area contributed by atoms with Gasteiger partial charge >= 0.3 is 0 Å². The lowest BCUT2D eigenvalue weighted by atomic mass is 9.82. The van der Waals surface area contributed by atoms with Crippen molar-refractivity contribution < 1.29 is 9.18 Å². The lowest BCUT2D eigenvalue weighted by Crippen LogP contribution is -2.65. The van der Waals surface area contributed by atoms with Gasteiger partial charge in [0.05, 0.1) is 35.4 Å². The topological polar surface area (TPSA) is 80.0 Å². The first-order valence-corrected chi connectivity index (χ1v) is 10.0. The van der Waals surface area contributed by atoms with Crippen LogP contribution in [-0.4, -0.2) is 61.4 Å². The van der Waals surface area contributed by atoms with Gasteiger partial charge < -0.3 is 9.80 Å². The highest BCUT2D eigenvalue weighted by atomic mass is 19.1. The average Bonchev–Trinajstić information content (AvgIpc) is 3.26. The monoisotopic (exact) mass is 407 g/mol. The molecule has 2 saturated heterocycles. The van der Waals surface area contributed by atoms with Crippen molar-refractivity contribution in [3.05, 3.63) is 59.6 Å². The summed E-state index contributed by atoms with van der Waals surface area (Å²) in [7, 11) is 0. The van der Waals surface area contributed by atoms with E-state index in [1.807, 2.05) is 18.7 Å². The Morgan fingerprint density at radius 2 is 1.97 bits per heavy atom. The minimum Gasteiger partial charge on any atom is -0.350 e. The molecule has 154 valence electrons. The molecule has 0 bridgehead atoms. The van der Waals surface area contributed by atoms with Crippen molar-refractivity contribution in [3.63, 3.8) is 0 Å². The van der Waals surface area contributed by atoms with Gasteiger partial charge in [0.1, 0.15) is 11.5 Å². The SMILES string of the molecule is Cc1cnc(C)c(N2C[C@@H]3CCN(C(=O)c4ccc(F)cc4-n4nccn4)C[C@@H]32)n1. The van der Waals surface area contributed by atoms with Crippen LogP contribution in [0.3, 0.4) is 0 Å². The van der Waals surface area contributed by atoms with E-state index >= 15 is 0 Å². The van der Waals surface area contributed by atoms with Crippen LogP contribution in [0.5, 0.6) is 0 Å². The lowest BCUT2D eigenvalue weighted by Gasteiger charge is -2.54. The van der Waals surface area contributed by atoms with Crippen molar-refractivity contribution in [1.29, 1.82) is 0 Å². The van der Waals surface area contributed by atoms with E-state index in [-0.39, 0.29) is 11.9 Å². The van der Waals surface area contributed by atoms with Gasteiger partial charge in [0.25, 0.3) is 5.91 Å². The molecule has 0 unspecified atom stereocenters. The predicted molar refractivity (Wildman–Crippen MR) is 108 cm³/mol. The Balaban J connectivity index is 1.40. The first kappa shape index (κ1) is 18.7. The van der Waals surface area contributed by atoms with E-state index in [1.165, 1.54) is 35.4 Å². The van der Waals surface area contributed by atoms with Crippen LogP contribution in [0, 0.1) is 25.6 Å². The summed E-state index contributed by atoms with van der Waals surface area (Å²) in [4.78, 5) is 27.8. The van der Waals surface area contributed by atoms with Gasteiger partial charge in [-0.1, -0.05) is 0 Å². The minimum absolute atomic E-state index is 0.139. The van der Waals surface area contributed by atoms with E-state index in [2.05, 4.69) is 25.1 Å². The molecule has 5 rings (SSSR count). The Morgan fingerprint density at radius 1 is 1.17 bits per heavy atom. The van der Waals surface area contributed by atoms with E-state index in [4.69, 9.17) is 0 Å². The van der Waals surface area contributed by atoms with E-state index in [9.17, 15) is 9.18 Å². The number of piperidine rings is 1. The van der Waals surface area contributed by atoms with E-state index < -0.39 is 5.82 Å². The van der Waals surface area contributed by atoms with Crippen LogP contribution in [0.25, 0.3) is 5.69 Å². The maximum Gasteiger partial charge on any atom is 0.256 e. The quantitative estimate of drug-likeness (QED) is 0.662. The number of carbonyl (C=O) groups excluding carboxylic acids is 1. The zero-order valence-electron chi connectivity index (χ0n) is 16.9. The molecule has 4 heterocycles. The summed E-state index contributed by atoms with van der Waals surface area (Å²) in [6.45, 7) is 6.11. The molecule has 1 aromatic carbocycles. The second-order valence-corrected chi connectivity index (χ2v) is 7.92. The van der Waals surface area contributed by atoms with Gasteiger partial charge in [-0.05, 0) is 32.4 Å². The molecule has 0 spiro atoms. The standard InChI is InChI=1S/C21H22FN7O/c1-13-10-23-14(2)20(26-13)28-11-15-5-8-27(12-19(15)28)21(30)17-4-3-16(22)9-18(17)29-24-6-7-25-29/h3-4,6-7,9-10,15,19H,5,8,11-12H2,1-2H3/t15-,19-/m0/s1. The highest BCUT2D eigenvalue weighted by Gasteiger charge is 2.45. The van der Waals surface area contributed by atoms with Crippen molar-refractivity contribution in [2.75, 3.05) is 24.5 Å².